The summed E-state index contributed by atoms with van der Waals surface area (Å²) < 4.78 is 10.5. The minimum atomic E-state index is -0.599. The third-order valence-electron chi connectivity index (χ3n) is 4.17. The Labute approximate surface area is 168 Å². The topological polar surface area (TPSA) is 55.8 Å². The van der Waals surface area contributed by atoms with E-state index < -0.39 is 5.97 Å². The molecule has 0 saturated heterocycles. The van der Waals surface area contributed by atoms with E-state index in [-0.39, 0.29) is 19.1 Å². The van der Waals surface area contributed by atoms with E-state index in [4.69, 9.17) is 21.1 Å². The van der Waals surface area contributed by atoms with Gasteiger partial charge in [0.2, 0.25) is 0 Å². The maximum atomic E-state index is 12.1. The Morgan fingerprint density at radius 3 is 2.50 bits per heavy atom. The van der Waals surface area contributed by atoms with Gasteiger partial charge in [0, 0.05) is 18.6 Å². The van der Waals surface area contributed by atoms with Gasteiger partial charge in [0.1, 0.15) is 5.75 Å². The van der Waals surface area contributed by atoms with E-state index in [0.29, 0.717) is 17.3 Å². The van der Waals surface area contributed by atoms with Gasteiger partial charge in [-0.25, -0.2) is 4.79 Å². The predicted octanol–water partition coefficient (Wildman–Crippen LogP) is 4.07. The lowest BCUT2D eigenvalue weighted by Crippen LogP contribution is -2.31. The molecular weight excluding hydrogens is 378 g/mol. The first-order valence-corrected chi connectivity index (χ1v) is 9.15. The zero-order chi connectivity index (χ0) is 19.9. The van der Waals surface area contributed by atoms with Crippen LogP contribution in [0.5, 0.6) is 5.75 Å². The fourth-order valence-corrected chi connectivity index (χ4v) is 2.90. The maximum Gasteiger partial charge on any atom is 0.344 e. The van der Waals surface area contributed by atoms with Crippen LogP contribution in [-0.2, 0) is 20.9 Å². The lowest BCUT2D eigenvalue weighted by molar-refractivity contribution is -0.153. The first-order valence-electron chi connectivity index (χ1n) is 8.77. The molecule has 0 fully saturated rings. The number of halogens is 1. The van der Waals surface area contributed by atoms with Crippen molar-refractivity contribution in [2.45, 2.75) is 6.54 Å². The van der Waals surface area contributed by atoms with E-state index in [9.17, 15) is 9.59 Å². The van der Waals surface area contributed by atoms with Crippen molar-refractivity contribution in [2.24, 2.45) is 0 Å². The standard InChI is InChI=1S/C22H20ClNO4/c1-24(13-16-5-4-8-19(23)11-16)21(25)14-28-22(26)15-27-20-10-9-17-6-2-3-7-18(17)12-20/h2-12H,13-15H2,1H3. The number of hydrogen-bond donors (Lipinski definition) is 0. The lowest BCUT2D eigenvalue weighted by atomic mass is 10.1. The Morgan fingerprint density at radius 2 is 1.71 bits per heavy atom. The summed E-state index contributed by atoms with van der Waals surface area (Å²) in [5, 5.41) is 2.72. The summed E-state index contributed by atoms with van der Waals surface area (Å²) in [6.07, 6.45) is 0. The highest BCUT2D eigenvalue weighted by Gasteiger charge is 2.13. The van der Waals surface area contributed by atoms with Gasteiger partial charge in [0.15, 0.2) is 13.2 Å². The summed E-state index contributed by atoms with van der Waals surface area (Å²) in [6.45, 7) is -0.217. The number of carbonyl (C=O) groups excluding carboxylic acids is 2. The molecule has 0 radical (unpaired) electrons. The van der Waals surface area contributed by atoms with Crippen LogP contribution in [0.4, 0.5) is 0 Å². The van der Waals surface area contributed by atoms with Gasteiger partial charge in [-0.2, -0.15) is 0 Å². The second-order valence-corrected chi connectivity index (χ2v) is 6.77. The molecule has 0 unspecified atom stereocenters. The van der Waals surface area contributed by atoms with E-state index in [1.807, 2.05) is 48.5 Å². The molecule has 0 aromatic heterocycles. The van der Waals surface area contributed by atoms with Crippen LogP contribution in [0.15, 0.2) is 66.7 Å². The van der Waals surface area contributed by atoms with Crippen LogP contribution < -0.4 is 4.74 Å². The summed E-state index contributed by atoms with van der Waals surface area (Å²) in [5.74, 6) is -0.336. The minimum absolute atomic E-state index is 0.260. The highest BCUT2D eigenvalue weighted by atomic mass is 35.5. The van der Waals surface area contributed by atoms with Crippen molar-refractivity contribution in [3.05, 3.63) is 77.3 Å². The smallest absolute Gasteiger partial charge is 0.344 e. The third kappa shape index (κ3) is 5.47. The molecule has 0 bridgehead atoms. The van der Waals surface area contributed by atoms with Gasteiger partial charge in [-0.05, 0) is 40.6 Å². The number of amides is 1. The number of carbonyl (C=O) groups is 2. The quantitative estimate of drug-likeness (QED) is 0.564. The Balaban J connectivity index is 1.44. The van der Waals surface area contributed by atoms with Crippen molar-refractivity contribution >= 4 is 34.2 Å². The molecule has 6 heteroatoms. The monoisotopic (exact) mass is 397 g/mol. The number of likely N-dealkylation sites (N-methyl/N-ethyl adjacent to an activating group) is 1. The van der Waals surface area contributed by atoms with E-state index in [0.717, 1.165) is 16.3 Å². The maximum absolute atomic E-state index is 12.1. The van der Waals surface area contributed by atoms with Crippen LogP contribution in [0.2, 0.25) is 5.02 Å². The highest BCUT2D eigenvalue weighted by molar-refractivity contribution is 6.30. The molecule has 3 rings (SSSR count). The first-order chi connectivity index (χ1) is 13.5. The Bertz CT molecular complexity index is 989. The average Bonchev–Trinajstić information content (AvgIpc) is 2.70. The van der Waals surface area contributed by atoms with Crippen molar-refractivity contribution in [1.29, 1.82) is 0 Å². The van der Waals surface area contributed by atoms with Crippen LogP contribution in [0.25, 0.3) is 10.8 Å². The SMILES string of the molecule is CN(Cc1cccc(Cl)c1)C(=O)COC(=O)COc1ccc2ccccc2c1. The molecule has 3 aromatic carbocycles. The van der Waals surface area contributed by atoms with Crippen molar-refractivity contribution in [3.8, 4) is 5.75 Å². The van der Waals surface area contributed by atoms with Gasteiger partial charge >= 0.3 is 5.97 Å². The van der Waals surface area contributed by atoms with E-state index >= 15 is 0 Å². The van der Waals surface area contributed by atoms with Crippen LogP contribution in [0, 0.1) is 0 Å². The van der Waals surface area contributed by atoms with E-state index in [1.165, 1.54) is 4.90 Å². The van der Waals surface area contributed by atoms with Crippen molar-refractivity contribution < 1.29 is 19.1 Å². The molecule has 0 aliphatic heterocycles. The van der Waals surface area contributed by atoms with Gasteiger partial charge in [-0.3, -0.25) is 4.79 Å². The summed E-state index contributed by atoms with van der Waals surface area (Å²) >= 11 is 5.94. The number of hydrogen-bond acceptors (Lipinski definition) is 4. The van der Waals surface area contributed by atoms with Crippen LogP contribution >= 0.6 is 11.6 Å². The van der Waals surface area contributed by atoms with Crippen LogP contribution in [0.1, 0.15) is 5.56 Å². The lowest BCUT2D eigenvalue weighted by Gasteiger charge is -2.17. The Morgan fingerprint density at radius 1 is 0.929 bits per heavy atom. The van der Waals surface area contributed by atoms with Crippen LogP contribution in [0.3, 0.4) is 0 Å². The highest BCUT2D eigenvalue weighted by Crippen LogP contribution is 2.20. The molecule has 0 heterocycles. The van der Waals surface area contributed by atoms with Crippen molar-refractivity contribution in [2.75, 3.05) is 20.3 Å². The second kappa shape index (κ2) is 9.24. The Kier molecular flexibility index (Phi) is 6.50. The van der Waals surface area contributed by atoms with Gasteiger partial charge in [-0.15, -0.1) is 0 Å². The molecule has 0 aliphatic carbocycles. The second-order valence-electron chi connectivity index (χ2n) is 6.34. The molecule has 0 saturated carbocycles. The number of nitrogens with zero attached hydrogens (tertiary/aromatic N) is 1. The summed E-state index contributed by atoms with van der Waals surface area (Å²) in [5.41, 5.74) is 0.898. The number of ether oxygens (including phenoxy) is 2. The number of esters is 1. The van der Waals surface area contributed by atoms with E-state index in [2.05, 4.69) is 0 Å². The third-order valence-corrected chi connectivity index (χ3v) is 4.40. The average molecular weight is 398 g/mol. The van der Waals surface area contributed by atoms with Crippen LogP contribution in [-0.4, -0.2) is 37.0 Å². The number of rotatable bonds is 7. The molecule has 3 aromatic rings. The van der Waals surface area contributed by atoms with Crippen molar-refractivity contribution in [1.82, 2.24) is 4.90 Å². The number of fused-ring (bicyclic) bond motifs is 1. The Hall–Kier alpha value is -3.05. The molecule has 0 spiro atoms. The van der Waals surface area contributed by atoms with Gasteiger partial charge in [0.05, 0.1) is 0 Å². The predicted molar refractivity (Wildman–Crippen MR) is 108 cm³/mol. The number of benzene rings is 3. The van der Waals surface area contributed by atoms with Gasteiger partial charge in [0.25, 0.3) is 5.91 Å². The first kappa shape index (κ1) is 19.7. The zero-order valence-electron chi connectivity index (χ0n) is 15.4. The molecular formula is C22H20ClNO4. The largest absolute Gasteiger partial charge is 0.482 e. The molecule has 0 N–H and O–H groups in total. The summed E-state index contributed by atoms with van der Waals surface area (Å²) in [4.78, 5) is 25.5. The normalized spacial score (nSPS) is 10.5. The van der Waals surface area contributed by atoms with Gasteiger partial charge < -0.3 is 14.4 Å². The molecule has 144 valence electrons. The molecule has 1 amide bonds. The van der Waals surface area contributed by atoms with Gasteiger partial charge in [-0.1, -0.05) is 54.1 Å². The fourth-order valence-electron chi connectivity index (χ4n) is 2.69. The van der Waals surface area contributed by atoms with E-state index in [1.54, 1.807) is 25.2 Å². The molecule has 5 nitrogen and oxygen atoms in total. The zero-order valence-corrected chi connectivity index (χ0v) is 16.2. The molecule has 0 aliphatic rings. The van der Waals surface area contributed by atoms with Crippen molar-refractivity contribution in [3.63, 3.8) is 0 Å². The minimum Gasteiger partial charge on any atom is -0.482 e. The molecule has 0 atom stereocenters. The molecule has 28 heavy (non-hydrogen) atoms. The summed E-state index contributed by atoms with van der Waals surface area (Å²) in [6, 6.07) is 20.7. The fraction of sp³-hybridized carbons (Fsp3) is 0.182. The summed E-state index contributed by atoms with van der Waals surface area (Å²) in [7, 11) is 1.64.